The summed E-state index contributed by atoms with van der Waals surface area (Å²) in [6, 6.07) is 7.54. The fourth-order valence-corrected chi connectivity index (χ4v) is 4.56. The normalized spacial score (nSPS) is 12.7. The number of hydrogen-bond acceptors (Lipinski definition) is 6. The van der Waals surface area contributed by atoms with Gasteiger partial charge in [-0.2, -0.15) is 13.2 Å². The second kappa shape index (κ2) is 6.70. The number of nitrogens with one attached hydrogen (secondary N) is 1. The van der Waals surface area contributed by atoms with Crippen molar-refractivity contribution in [2.24, 2.45) is 0 Å². The van der Waals surface area contributed by atoms with Crippen LogP contribution in [0.1, 0.15) is 0 Å². The molecule has 0 fully saturated rings. The molecule has 0 unspecified atom stereocenters. The van der Waals surface area contributed by atoms with Crippen LogP contribution in [0.25, 0.3) is 10.8 Å². The summed E-state index contributed by atoms with van der Waals surface area (Å²) in [5.41, 5.74) is -5.83. The molecule has 2 aromatic rings. The molecule has 0 heterocycles. The van der Waals surface area contributed by atoms with Crippen molar-refractivity contribution in [2.75, 3.05) is 0 Å². The molecule has 0 saturated carbocycles. The van der Waals surface area contributed by atoms with Gasteiger partial charge in [0.25, 0.3) is 10.0 Å². The summed E-state index contributed by atoms with van der Waals surface area (Å²) >= 11 is 0. The Kier molecular flexibility index (Phi) is 5.12. The molecule has 2 rings (SSSR count). The van der Waals surface area contributed by atoms with Crippen molar-refractivity contribution in [3.05, 3.63) is 49.1 Å². The van der Waals surface area contributed by atoms with Gasteiger partial charge in [-0.15, -0.1) is 0 Å². The van der Waals surface area contributed by atoms with E-state index in [4.69, 9.17) is 4.74 Å². The van der Waals surface area contributed by atoms with Gasteiger partial charge in [-0.05, 0) is 11.5 Å². The summed E-state index contributed by atoms with van der Waals surface area (Å²) in [5, 5.41) is 0.113. The number of ether oxygens (including phenoxy) is 1. The highest BCUT2D eigenvalue weighted by Gasteiger charge is 2.48. The lowest BCUT2D eigenvalue weighted by Crippen LogP contribution is -2.40. The van der Waals surface area contributed by atoms with Crippen LogP contribution in [0.5, 0.6) is 5.75 Å². The molecular weight excluding hydrogens is 399 g/mol. The van der Waals surface area contributed by atoms with Crippen molar-refractivity contribution in [1.29, 1.82) is 0 Å². The van der Waals surface area contributed by atoms with Crippen molar-refractivity contribution in [3.63, 3.8) is 0 Å². The minimum absolute atomic E-state index is 0.0734. The van der Waals surface area contributed by atoms with E-state index in [2.05, 4.69) is 6.58 Å². The number of carbonyl (C=O) groups excluding carboxylic acids is 1. The maximum Gasteiger partial charge on any atom is 0.512 e. The van der Waals surface area contributed by atoms with Crippen LogP contribution in [-0.4, -0.2) is 28.3 Å². The van der Waals surface area contributed by atoms with Crippen molar-refractivity contribution in [1.82, 2.24) is 4.13 Å². The average Bonchev–Trinajstić information content (AvgIpc) is 2.51. The molecule has 140 valence electrons. The number of esters is 1. The van der Waals surface area contributed by atoms with Crippen molar-refractivity contribution >= 4 is 36.8 Å². The largest absolute Gasteiger partial charge is 0.512 e. The lowest BCUT2D eigenvalue weighted by atomic mass is 10.1. The first-order valence-electron chi connectivity index (χ1n) is 6.59. The summed E-state index contributed by atoms with van der Waals surface area (Å²) < 4.78 is 89.8. The quantitative estimate of drug-likeness (QED) is 0.460. The van der Waals surface area contributed by atoms with Crippen LogP contribution in [0.2, 0.25) is 0 Å². The molecule has 0 aliphatic rings. The van der Waals surface area contributed by atoms with Gasteiger partial charge < -0.3 is 4.74 Å². The molecule has 7 nitrogen and oxygen atoms in total. The monoisotopic (exact) mass is 409 g/mol. The van der Waals surface area contributed by atoms with Crippen molar-refractivity contribution in [2.45, 2.75) is 10.4 Å². The van der Waals surface area contributed by atoms with Gasteiger partial charge in [-0.1, -0.05) is 35.0 Å². The Morgan fingerprint density at radius 3 is 2.31 bits per heavy atom. The van der Waals surface area contributed by atoms with Gasteiger partial charge in [-0.25, -0.2) is 21.6 Å². The number of alkyl halides is 3. The van der Waals surface area contributed by atoms with E-state index in [1.54, 1.807) is 0 Å². The van der Waals surface area contributed by atoms with Crippen LogP contribution >= 0.6 is 0 Å². The molecule has 0 atom stereocenters. The molecule has 0 amide bonds. The topological polar surface area (TPSA) is 107 Å². The van der Waals surface area contributed by atoms with E-state index in [9.17, 15) is 34.8 Å². The van der Waals surface area contributed by atoms with Crippen LogP contribution in [0.15, 0.2) is 53.9 Å². The van der Waals surface area contributed by atoms with E-state index in [1.807, 2.05) is 0 Å². The number of rotatable bonds is 5. The van der Waals surface area contributed by atoms with Gasteiger partial charge in [0.2, 0.25) is 0 Å². The van der Waals surface area contributed by atoms with E-state index >= 15 is 0 Å². The maximum atomic E-state index is 12.5. The van der Waals surface area contributed by atoms with Gasteiger partial charge in [0.05, 0.1) is 4.90 Å². The standard InChI is InChI=1S/C14H10F3NO6S2/c1-2-13(19)24-10-7-9-5-3-4-6-11(9)12(8-10)25(20,21)18-26(22,23)14(15,16)17/h2-8,18H,1H2. The fourth-order valence-electron chi connectivity index (χ4n) is 1.92. The molecule has 2 aromatic carbocycles. The maximum absolute atomic E-state index is 12.5. The Balaban J connectivity index is 2.67. The number of hydrogen-bond donors (Lipinski definition) is 1. The van der Waals surface area contributed by atoms with E-state index in [-0.39, 0.29) is 16.5 Å². The molecule has 0 bridgehead atoms. The number of fused-ring (bicyclic) bond motifs is 1. The molecule has 26 heavy (non-hydrogen) atoms. The zero-order valence-electron chi connectivity index (χ0n) is 12.6. The molecular formula is C14H10F3NO6S2. The predicted molar refractivity (Wildman–Crippen MR) is 85.1 cm³/mol. The van der Waals surface area contributed by atoms with E-state index in [1.165, 1.54) is 30.3 Å². The number of sulfonamides is 2. The Bertz CT molecular complexity index is 1090. The van der Waals surface area contributed by atoms with Gasteiger partial charge >= 0.3 is 21.5 Å². The highest BCUT2D eigenvalue weighted by atomic mass is 32.3. The first-order chi connectivity index (χ1) is 11.9. The summed E-state index contributed by atoms with van der Waals surface area (Å²) in [6.07, 6.45) is 0.787. The number of benzene rings is 2. The molecule has 0 aliphatic carbocycles. The zero-order chi connectivity index (χ0) is 19.8. The smallest absolute Gasteiger partial charge is 0.423 e. The molecule has 0 aliphatic heterocycles. The molecule has 0 spiro atoms. The van der Waals surface area contributed by atoms with Crippen LogP contribution < -0.4 is 8.86 Å². The number of carbonyl (C=O) groups is 1. The Morgan fingerprint density at radius 1 is 1.12 bits per heavy atom. The minimum atomic E-state index is -6.17. The van der Waals surface area contributed by atoms with Crippen LogP contribution in [-0.2, 0) is 24.8 Å². The molecule has 0 aromatic heterocycles. The van der Waals surface area contributed by atoms with E-state index in [0.717, 1.165) is 12.1 Å². The lowest BCUT2D eigenvalue weighted by molar-refractivity contribution is -0.128. The summed E-state index contributed by atoms with van der Waals surface area (Å²) in [4.78, 5) is 10.5. The van der Waals surface area contributed by atoms with Crippen molar-refractivity contribution < 1.29 is 39.5 Å². The minimum Gasteiger partial charge on any atom is -0.423 e. The molecule has 0 saturated heterocycles. The van der Waals surface area contributed by atoms with Gasteiger partial charge in [-0.3, -0.25) is 0 Å². The van der Waals surface area contributed by atoms with Crippen LogP contribution in [0.4, 0.5) is 13.2 Å². The average molecular weight is 409 g/mol. The zero-order valence-corrected chi connectivity index (χ0v) is 14.3. The predicted octanol–water partition coefficient (Wildman–Crippen LogP) is 2.06. The third kappa shape index (κ3) is 4.03. The molecule has 1 N–H and O–H groups in total. The van der Waals surface area contributed by atoms with Crippen LogP contribution in [0.3, 0.4) is 0 Å². The van der Waals surface area contributed by atoms with Crippen molar-refractivity contribution in [3.8, 4) is 5.75 Å². The van der Waals surface area contributed by atoms with E-state index in [0.29, 0.717) is 4.13 Å². The second-order valence-electron chi connectivity index (χ2n) is 4.80. The number of halogens is 3. The Morgan fingerprint density at radius 2 is 1.73 bits per heavy atom. The third-order valence-corrected chi connectivity index (χ3v) is 6.28. The highest BCUT2D eigenvalue weighted by Crippen LogP contribution is 2.30. The summed E-state index contributed by atoms with van der Waals surface area (Å²) in [5.74, 6) is -1.27. The second-order valence-corrected chi connectivity index (χ2v) is 8.39. The Hall–Kier alpha value is -2.44. The molecule has 0 radical (unpaired) electrons. The van der Waals surface area contributed by atoms with E-state index < -0.39 is 36.4 Å². The Labute approximate surface area is 146 Å². The SMILES string of the molecule is C=CC(=O)Oc1cc(S(=O)(=O)NS(=O)(=O)C(F)(F)F)c2ccccc2c1. The van der Waals surface area contributed by atoms with Crippen LogP contribution in [0, 0.1) is 0 Å². The third-order valence-electron chi connectivity index (χ3n) is 3.00. The van der Waals surface area contributed by atoms with Gasteiger partial charge in [0.1, 0.15) is 5.75 Å². The highest BCUT2D eigenvalue weighted by molar-refractivity contribution is 8.05. The van der Waals surface area contributed by atoms with Gasteiger partial charge in [0, 0.05) is 17.5 Å². The lowest BCUT2D eigenvalue weighted by Gasteiger charge is -2.13. The van der Waals surface area contributed by atoms with Gasteiger partial charge in [0.15, 0.2) is 0 Å². The first-order valence-corrected chi connectivity index (χ1v) is 9.56. The fraction of sp³-hybridized carbons (Fsp3) is 0.0714. The first kappa shape index (κ1) is 19.9. The summed E-state index contributed by atoms with van der Waals surface area (Å²) in [6.45, 7) is 3.16. The molecule has 12 heteroatoms. The summed E-state index contributed by atoms with van der Waals surface area (Å²) in [7, 11) is -11.3.